The van der Waals surface area contributed by atoms with Gasteiger partial charge in [-0.05, 0) is 45.5 Å². The van der Waals surface area contributed by atoms with E-state index in [1.807, 2.05) is 31.3 Å². The van der Waals surface area contributed by atoms with Gasteiger partial charge in [-0.3, -0.25) is 9.89 Å². The fourth-order valence-electron chi connectivity index (χ4n) is 2.67. The summed E-state index contributed by atoms with van der Waals surface area (Å²) in [5.41, 5.74) is 1.16. The first kappa shape index (κ1) is 16.0. The molecule has 1 saturated heterocycles. The topological polar surface area (TPSA) is 34.1 Å². The summed E-state index contributed by atoms with van der Waals surface area (Å²) >= 11 is 0. The van der Waals surface area contributed by atoms with Crippen LogP contribution >= 0.6 is 0 Å². The largest absolute Gasteiger partial charge is 0.491 e. The van der Waals surface area contributed by atoms with Crippen molar-refractivity contribution in [2.24, 2.45) is 4.99 Å². The number of ether oxygens (including phenoxy) is 2. The van der Waals surface area contributed by atoms with Gasteiger partial charge in [-0.1, -0.05) is 18.2 Å². The molecule has 1 fully saturated rings. The van der Waals surface area contributed by atoms with Gasteiger partial charge in [0, 0.05) is 13.1 Å². The Morgan fingerprint density at radius 2 is 2.24 bits per heavy atom. The van der Waals surface area contributed by atoms with Crippen molar-refractivity contribution >= 4 is 6.21 Å². The summed E-state index contributed by atoms with van der Waals surface area (Å²) in [5, 5.41) is 0. The number of benzene rings is 1. The van der Waals surface area contributed by atoms with Crippen LogP contribution in [0.2, 0.25) is 0 Å². The number of aliphatic imine (C=N–C) groups is 1. The van der Waals surface area contributed by atoms with E-state index in [0.717, 1.165) is 24.4 Å². The van der Waals surface area contributed by atoms with Crippen LogP contribution in [0, 0.1) is 6.92 Å². The van der Waals surface area contributed by atoms with Crippen LogP contribution in [0.25, 0.3) is 0 Å². The number of hydrogen-bond donors (Lipinski definition) is 0. The molecule has 2 rings (SSSR count). The van der Waals surface area contributed by atoms with Crippen molar-refractivity contribution in [3.05, 3.63) is 29.8 Å². The molecule has 0 saturated carbocycles. The molecule has 0 amide bonds. The van der Waals surface area contributed by atoms with Gasteiger partial charge in [0.05, 0.1) is 6.04 Å². The van der Waals surface area contributed by atoms with E-state index in [9.17, 15) is 0 Å². The second kappa shape index (κ2) is 7.57. The quantitative estimate of drug-likeness (QED) is 0.756. The molecular formula is C17H26N2O2. The third-order valence-electron chi connectivity index (χ3n) is 3.76. The summed E-state index contributed by atoms with van der Waals surface area (Å²) < 4.78 is 11.9. The lowest BCUT2D eigenvalue weighted by atomic mass is 10.2. The van der Waals surface area contributed by atoms with E-state index in [2.05, 4.69) is 36.7 Å². The Hall–Kier alpha value is -1.39. The second-order valence-corrected chi connectivity index (χ2v) is 5.64. The van der Waals surface area contributed by atoms with Crippen LogP contribution in [0.4, 0.5) is 0 Å². The molecule has 3 unspecified atom stereocenters. The van der Waals surface area contributed by atoms with E-state index >= 15 is 0 Å². The molecule has 4 nitrogen and oxygen atoms in total. The van der Waals surface area contributed by atoms with E-state index in [1.54, 1.807) is 0 Å². The van der Waals surface area contributed by atoms with Crippen molar-refractivity contribution in [3.8, 4) is 5.75 Å². The van der Waals surface area contributed by atoms with E-state index in [1.165, 1.54) is 0 Å². The summed E-state index contributed by atoms with van der Waals surface area (Å²) in [7, 11) is 0. The van der Waals surface area contributed by atoms with Crippen LogP contribution in [-0.4, -0.2) is 49.2 Å². The third kappa shape index (κ3) is 4.55. The van der Waals surface area contributed by atoms with Crippen molar-refractivity contribution in [3.63, 3.8) is 0 Å². The van der Waals surface area contributed by atoms with Gasteiger partial charge in [0.2, 0.25) is 0 Å². The number of para-hydroxylation sites is 1. The highest BCUT2D eigenvalue weighted by Crippen LogP contribution is 2.20. The van der Waals surface area contributed by atoms with Crippen molar-refractivity contribution in [2.45, 2.75) is 46.1 Å². The maximum atomic E-state index is 5.96. The van der Waals surface area contributed by atoms with Crippen molar-refractivity contribution in [1.29, 1.82) is 0 Å². The maximum absolute atomic E-state index is 5.96. The molecule has 0 N–H and O–H groups in total. The van der Waals surface area contributed by atoms with E-state index < -0.39 is 0 Å². The minimum absolute atomic E-state index is 0.123. The summed E-state index contributed by atoms with van der Waals surface area (Å²) in [6, 6.07) is 8.38. The molecule has 116 valence electrons. The Kier molecular flexibility index (Phi) is 5.76. The normalized spacial score (nSPS) is 24.6. The van der Waals surface area contributed by atoms with Crippen molar-refractivity contribution in [2.75, 3.05) is 19.7 Å². The highest BCUT2D eigenvalue weighted by Gasteiger charge is 2.30. The summed E-state index contributed by atoms with van der Waals surface area (Å²) in [5.74, 6) is 0.941. The highest BCUT2D eigenvalue weighted by atomic mass is 16.6. The smallest absolute Gasteiger partial charge is 0.122 e. The first-order valence-electron chi connectivity index (χ1n) is 7.66. The van der Waals surface area contributed by atoms with Gasteiger partial charge < -0.3 is 9.47 Å². The van der Waals surface area contributed by atoms with Crippen LogP contribution in [-0.2, 0) is 4.74 Å². The number of rotatable bonds is 6. The Morgan fingerprint density at radius 1 is 1.48 bits per heavy atom. The zero-order valence-electron chi connectivity index (χ0n) is 13.5. The van der Waals surface area contributed by atoms with Gasteiger partial charge in [-0.2, -0.15) is 0 Å². The summed E-state index contributed by atoms with van der Waals surface area (Å²) in [4.78, 5) is 6.72. The second-order valence-electron chi connectivity index (χ2n) is 5.64. The van der Waals surface area contributed by atoms with Crippen LogP contribution in [0.15, 0.2) is 29.3 Å². The van der Waals surface area contributed by atoms with Crippen LogP contribution in [0.1, 0.15) is 26.3 Å². The molecule has 21 heavy (non-hydrogen) atoms. The minimum Gasteiger partial charge on any atom is -0.491 e. The molecule has 0 bridgehead atoms. The van der Waals surface area contributed by atoms with Gasteiger partial charge in [-0.25, -0.2) is 0 Å². The zero-order chi connectivity index (χ0) is 15.2. The lowest BCUT2D eigenvalue weighted by Gasteiger charge is -2.20. The lowest BCUT2D eigenvalue weighted by Crippen LogP contribution is -2.34. The molecule has 4 heteroatoms. The standard InChI is InChI=1S/C17H26N2O2/c1-5-18-14(3)10-19-11-16(21-15(19)4)12-20-17-9-7-6-8-13(17)2/h5-9,14-16H,10-12H2,1-4H3. The Morgan fingerprint density at radius 3 is 2.95 bits per heavy atom. The Bertz CT molecular complexity index is 476. The highest BCUT2D eigenvalue weighted by molar-refractivity contribution is 5.53. The molecule has 1 aliphatic rings. The molecule has 3 atom stereocenters. The van der Waals surface area contributed by atoms with E-state index in [4.69, 9.17) is 9.47 Å². The first-order chi connectivity index (χ1) is 10.1. The molecule has 1 aliphatic heterocycles. The fourth-order valence-corrected chi connectivity index (χ4v) is 2.67. The lowest BCUT2D eigenvalue weighted by molar-refractivity contribution is -0.00309. The molecule has 0 aromatic heterocycles. The summed E-state index contributed by atoms with van der Waals surface area (Å²) in [6.07, 6.45) is 2.12. The summed E-state index contributed by atoms with van der Waals surface area (Å²) in [6.45, 7) is 10.7. The predicted molar refractivity (Wildman–Crippen MR) is 86.2 cm³/mol. The third-order valence-corrected chi connectivity index (χ3v) is 3.76. The average Bonchev–Trinajstić information content (AvgIpc) is 2.78. The average molecular weight is 290 g/mol. The Labute approximate surface area is 127 Å². The first-order valence-corrected chi connectivity index (χ1v) is 7.66. The molecule has 0 radical (unpaired) electrons. The molecule has 1 aromatic rings. The molecule has 1 aromatic carbocycles. The zero-order valence-corrected chi connectivity index (χ0v) is 13.5. The van der Waals surface area contributed by atoms with Gasteiger partial charge in [-0.15, -0.1) is 0 Å². The van der Waals surface area contributed by atoms with Gasteiger partial charge >= 0.3 is 0 Å². The minimum atomic E-state index is 0.123. The monoisotopic (exact) mass is 290 g/mol. The van der Waals surface area contributed by atoms with Crippen LogP contribution < -0.4 is 4.74 Å². The van der Waals surface area contributed by atoms with Gasteiger partial charge in [0.1, 0.15) is 24.7 Å². The molecule has 1 heterocycles. The predicted octanol–water partition coefficient (Wildman–Crippen LogP) is 2.90. The van der Waals surface area contributed by atoms with Crippen LogP contribution in [0.3, 0.4) is 0 Å². The molecular weight excluding hydrogens is 264 g/mol. The Balaban J connectivity index is 1.82. The van der Waals surface area contributed by atoms with Gasteiger partial charge in [0.15, 0.2) is 0 Å². The van der Waals surface area contributed by atoms with E-state index in [0.29, 0.717) is 12.6 Å². The SMILES string of the molecule is CC=NC(C)CN1CC(COc2ccccc2C)OC1C. The van der Waals surface area contributed by atoms with E-state index in [-0.39, 0.29) is 12.3 Å². The number of hydrogen-bond acceptors (Lipinski definition) is 4. The van der Waals surface area contributed by atoms with Crippen LogP contribution in [0.5, 0.6) is 5.75 Å². The molecule has 0 spiro atoms. The maximum Gasteiger partial charge on any atom is 0.122 e. The van der Waals surface area contributed by atoms with Gasteiger partial charge in [0.25, 0.3) is 0 Å². The van der Waals surface area contributed by atoms with Crippen molar-refractivity contribution in [1.82, 2.24) is 4.90 Å². The number of nitrogens with zero attached hydrogens (tertiary/aromatic N) is 2. The van der Waals surface area contributed by atoms with Crippen molar-refractivity contribution < 1.29 is 9.47 Å². The molecule has 0 aliphatic carbocycles. The number of aryl methyl sites for hydroxylation is 1. The fraction of sp³-hybridized carbons (Fsp3) is 0.588.